The lowest BCUT2D eigenvalue weighted by Crippen LogP contribution is -2.25. The smallest absolute Gasteiger partial charge is 0.225 e. The van der Waals surface area contributed by atoms with Gasteiger partial charge in [-0.15, -0.1) is 0 Å². The Labute approximate surface area is 121 Å². The molecule has 0 fully saturated rings. The van der Waals surface area contributed by atoms with E-state index in [1.165, 1.54) is 0 Å². The number of para-hydroxylation sites is 1. The number of rotatable bonds is 5. The van der Waals surface area contributed by atoms with Gasteiger partial charge in [0, 0.05) is 31.0 Å². The van der Waals surface area contributed by atoms with Crippen molar-refractivity contribution in [2.75, 3.05) is 11.4 Å². The standard InChI is InChI=1S/C14H16BrN3O/c1-2-7-18(14-16-8-12(15)9-17-14)10-11-5-3-4-6-13(11)19/h3-6,8-9,19H,2,7,10H2,1H3. The number of aromatic hydroxyl groups is 1. The minimum Gasteiger partial charge on any atom is -0.508 e. The molecule has 5 heteroatoms. The Morgan fingerprint density at radius 3 is 2.53 bits per heavy atom. The van der Waals surface area contributed by atoms with E-state index in [-0.39, 0.29) is 0 Å². The van der Waals surface area contributed by atoms with Gasteiger partial charge in [-0.1, -0.05) is 25.1 Å². The van der Waals surface area contributed by atoms with E-state index < -0.39 is 0 Å². The van der Waals surface area contributed by atoms with Crippen LogP contribution in [0, 0.1) is 0 Å². The summed E-state index contributed by atoms with van der Waals surface area (Å²) in [5.41, 5.74) is 0.877. The number of hydrogen-bond donors (Lipinski definition) is 1. The minimum absolute atomic E-state index is 0.306. The second-order valence-electron chi connectivity index (χ2n) is 4.25. The molecule has 0 unspecified atom stereocenters. The van der Waals surface area contributed by atoms with E-state index >= 15 is 0 Å². The normalized spacial score (nSPS) is 10.4. The number of hydrogen-bond acceptors (Lipinski definition) is 4. The number of aromatic nitrogens is 2. The fraction of sp³-hybridized carbons (Fsp3) is 0.286. The molecule has 0 aliphatic rings. The van der Waals surface area contributed by atoms with Gasteiger partial charge in [0.05, 0.1) is 4.47 Å². The van der Waals surface area contributed by atoms with E-state index in [4.69, 9.17) is 0 Å². The van der Waals surface area contributed by atoms with Crippen molar-refractivity contribution < 1.29 is 5.11 Å². The Balaban J connectivity index is 2.21. The van der Waals surface area contributed by atoms with Gasteiger partial charge in [-0.05, 0) is 28.4 Å². The molecule has 0 amide bonds. The zero-order valence-corrected chi connectivity index (χ0v) is 12.3. The van der Waals surface area contributed by atoms with Gasteiger partial charge in [-0.2, -0.15) is 0 Å². The summed E-state index contributed by atoms with van der Waals surface area (Å²) in [5.74, 6) is 0.981. The van der Waals surface area contributed by atoms with Crippen molar-refractivity contribution in [1.82, 2.24) is 9.97 Å². The molecule has 0 aliphatic heterocycles. The molecule has 0 saturated heterocycles. The maximum atomic E-state index is 9.84. The molecule has 1 aromatic carbocycles. The van der Waals surface area contributed by atoms with Crippen LogP contribution >= 0.6 is 15.9 Å². The lowest BCUT2D eigenvalue weighted by molar-refractivity contribution is 0.467. The van der Waals surface area contributed by atoms with Gasteiger partial charge in [0.25, 0.3) is 0 Å². The summed E-state index contributed by atoms with van der Waals surface area (Å²) in [6.45, 7) is 3.55. The van der Waals surface area contributed by atoms with Crippen LogP contribution in [0.3, 0.4) is 0 Å². The molecule has 0 saturated carbocycles. The summed E-state index contributed by atoms with van der Waals surface area (Å²) in [6, 6.07) is 7.35. The third kappa shape index (κ3) is 3.67. The predicted molar refractivity (Wildman–Crippen MR) is 79.2 cm³/mol. The molecule has 19 heavy (non-hydrogen) atoms. The molecule has 2 rings (SSSR count). The first-order valence-corrected chi connectivity index (χ1v) is 6.99. The Bertz CT molecular complexity index is 530. The number of nitrogens with zero attached hydrogens (tertiary/aromatic N) is 3. The Morgan fingerprint density at radius 1 is 1.21 bits per heavy atom. The van der Waals surface area contributed by atoms with Crippen molar-refractivity contribution in [3.8, 4) is 5.75 Å². The molecule has 0 spiro atoms. The quantitative estimate of drug-likeness (QED) is 0.917. The largest absolute Gasteiger partial charge is 0.508 e. The molecule has 1 aromatic heterocycles. The first-order chi connectivity index (χ1) is 9.20. The number of phenols is 1. The average Bonchev–Trinajstić information content (AvgIpc) is 2.42. The summed E-state index contributed by atoms with van der Waals surface area (Å²) >= 11 is 3.33. The Kier molecular flexibility index (Phi) is 4.74. The van der Waals surface area contributed by atoms with E-state index in [1.807, 2.05) is 18.2 Å². The first kappa shape index (κ1) is 13.8. The third-order valence-electron chi connectivity index (χ3n) is 2.74. The molecule has 0 atom stereocenters. The molecule has 1 N–H and O–H groups in total. The minimum atomic E-state index is 0.306. The van der Waals surface area contributed by atoms with Gasteiger partial charge in [0.1, 0.15) is 5.75 Å². The second-order valence-corrected chi connectivity index (χ2v) is 5.17. The molecular weight excluding hydrogens is 306 g/mol. The van der Waals surface area contributed by atoms with E-state index in [0.29, 0.717) is 18.2 Å². The highest BCUT2D eigenvalue weighted by Crippen LogP contribution is 2.20. The number of phenolic OH excluding ortho intramolecular Hbond substituents is 1. The lowest BCUT2D eigenvalue weighted by Gasteiger charge is -2.22. The fourth-order valence-corrected chi connectivity index (χ4v) is 2.04. The van der Waals surface area contributed by atoms with E-state index in [0.717, 1.165) is 23.0 Å². The summed E-state index contributed by atoms with van der Waals surface area (Å²) in [4.78, 5) is 10.7. The molecule has 100 valence electrons. The summed E-state index contributed by atoms with van der Waals surface area (Å²) in [7, 11) is 0. The number of benzene rings is 1. The van der Waals surface area contributed by atoms with Crippen LogP contribution in [0.4, 0.5) is 5.95 Å². The van der Waals surface area contributed by atoms with Crippen molar-refractivity contribution in [3.05, 3.63) is 46.7 Å². The second kappa shape index (κ2) is 6.52. The van der Waals surface area contributed by atoms with E-state index in [2.05, 4.69) is 37.7 Å². The maximum Gasteiger partial charge on any atom is 0.225 e. The lowest BCUT2D eigenvalue weighted by atomic mass is 10.2. The Hall–Kier alpha value is -1.62. The average molecular weight is 322 g/mol. The SMILES string of the molecule is CCCN(Cc1ccccc1O)c1ncc(Br)cn1. The van der Waals surface area contributed by atoms with Gasteiger partial charge < -0.3 is 10.0 Å². The predicted octanol–water partition coefficient (Wildman–Crippen LogP) is 3.36. The van der Waals surface area contributed by atoms with Gasteiger partial charge in [-0.25, -0.2) is 9.97 Å². The molecule has 0 aliphatic carbocycles. The van der Waals surface area contributed by atoms with Gasteiger partial charge in [0.15, 0.2) is 0 Å². The van der Waals surface area contributed by atoms with E-state index in [1.54, 1.807) is 18.5 Å². The van der Waals surface area contributed by atoms with Crippen molar-refractivity contribution in [1.29, 1.82) is 0 Å². The van der Waals surface area contributed by atoms with E-state index in [9.17, 15) is 5.11 Å². The summed E-state index contributed by atoms with van der Waals surface area (Å²) in [6.07, 6.45) is 4.46. The van der Waals surface area contributed by atoms with Gasteiger partial charge >= 0.3 is 0 Å². The molecule has 2 aromatic rings. The highest BCUT2D eigenvalue weighted by Gasteiger charge is 2.11. The highest BCUT2D eigenvalue weighted by molar-refractivity contribution is 9.10. The fourth-order valence-electron chi connectivity index (χ4n) is 1.84. The first-order valence-electron chi connectivity index (χ1n) is 6.20. The molecule has 1 heterocycles. The van der Waals surface area contributed by atoms with Crippen LogP contribution in [-0.2, 0) is 6.54 Å². The summed E-state index contributed by atoms with van der Waals surface area (Å²) in [5, 5.41) is 9.84. The summed E-state index contributed by atoms with van der Waals surface area (Å²) < 4.78 is 0.857. The van der Waals surface area contributed by atoms with Gasteiger partial charge in [0.2, 0.25) is 5.95 Å². The number of anilines is 1. The van der Waals surface area contributed by atoms with Crippen molar-refractivity contribution in [3.63, 3.8) is 0 Å². The zero-order chi connectivity index (χ0) is 13.7. The van der Waals surface area contributed by atoms with Crippen LogP contribution < -0.4 is 4.90 Å². The van der Waals surface area contributed by atoms with Crippen LogP contribution in [0.5, 0.6) is 5.75 Å². The van der Waals surface area contributed by atoms with Crippen molar-refractivity contribution >= 4 is 21.9 Å². The number of halogens is 1. The van der Waals surface area contributed by atoms with Gasteiger partial charge in [-0.3, -0.25) is 0 Å². The van der Waals surface area contributed by atoms with Crippen molar-refractivity contribution in [2.45, 2.75) is 19.9 Å². The monoisotopic (exact) mass is 321 g/mol. The zero-order valence-electron chi connectivity index (χ0n) is 10.8. The molecular formula is C14H16BrN3O. The highest BCUT2D eigenvalue weighted by atomic mass is 79.9. The molecule has 4 nitrogen and oxygen atoms in total. The molecule has 0 bridgehead atoms. The Morgan fingerprint density at radius 2 is 1.89 bits per heavy atom. The molecule has 0 radical (unpaired) electrons. The third-order valence-corrected chi connectivity index (χ3v) is 3.15. The van der Waals surface area contributed by atoms with Crippen LogP contribution in [0.2, 0.25) is 0 Å². The van der Waals surface area contributed by atoms with Crippen molar-refractivity contribution in [2.24, 2.45) is 0 Å². The van der Waals surface area contributed by atoms with Crippen LogP contribution in [-0.4, -0.2) is 21.6 Å². The van der Waals surface area contributed by atoms with Crippen LogP contribution in [0.1, 0.15) is 18.9 Å². The van der Waals surface area contributed by atoms with Crippen LogP contribution in [0.15, 0.2) is 41.1 Å². The van der Waals surface area contributed by atoms with Crippen LogP contribution in [0.25, 0.3) is 0 Å². The maximum absolute atomic E-state index is 9.84. The topological polar surface area (TPSA) is 49.2 Å².